The van der Waals surface area contributed by atoms with Crippen LogP contribution in [0.4, 0.5) is 0 Å². The maximum absolute atomic E-state index is 10.1. The van der Waals surface area contributed by atoms with E-state index >= 15 is 0 Å². The fraction of sp³-hybridized carbons (Fsp3) is 0.400. The standard InChI is InChI=1S/C15H20ClN3O/c1-18(11-15-17-9-14(16)19(15)2)10-13(20)8-12-6-4-3-5-7-12/h3-7,9,13,20H,8,10-11H2,1-2H3. The lowest BCUT2D eigenvalue weighted by Crippen LogP contribution is -2.31. The summed E-state index contributed by atoms with van der Waals surface area (Å²) in [6.45, 7) is 1.26. The smallest absolute Gasteiger partial charge is 0.128 e. The molecule has 4 nitrogen and oxygen atoms in total. The monoisotopic (exact) mass is 293 g/mol. The van der Waals surface area contributed by atoms with E-state index in [-0.39, 0.29) is 0 Å². The Kier molecular flexibility index (Phi) is 5.17. The largest absolute Gasteiger partial charge is 0.391 e. The van der Waals surface area contributed by atoms with Crippen LogP contribution in [0.3, 0.4) is 0 Å². The molecule has 0 bridgehead atoms. The zero-order chi connectivity index (χ0) is 14.5. The summed E-state index contributed by atoms with van der Waals surface area (Å²) in [7, 11) is 3.86. The van der Waals surface area contributed by atoms with Gasteiger partial charge in [0.15, 0.2) is 0 Å². The van der Waals surface area contributed by atoms with Gasteiger partial charge in [0, 0.05) is 13.6 Å². The molecule has 0 saturated heterocycles. The predicted molar refractivity (Wildman–Crippen MR) is 80.7 cm³/mol. The second-order valence-corrected chi connectivity index (χ2v) is 5.48. The molecule has 1 atom stereocenters. The van der Waals surface area contributed by atoms with E-state index in [0.717, 1.165) is 11.4 Å². The zero-order valence-electron chi connectivity index (χ0n) is 11.8. The summed E-state index contributed by atoms with van der Waals surface area (Å²) in [5, 5.41) is 10.8. The second-order valence-electron chi connectivity index (χ2n) is 5.10. The molecule has 0 spiro atoms. The number of aliphatic hydroxyl groups excluding tert-OH is 1. The molecule has 1 heterocycles. The van der Waals surface area contributed by atoms with Crippen molar-refractivity contribution in [1.29, 1.82) is 0 Å². The SMILES string of the molecule is CN(Cc1ncc(Cl)n1C)CC(O)Cc1ccccc1. The number of aliphatic hydroxyl groups is 1. The molecule has 0 fully saturated rings. The van der Waals surface area contributed by atoms with Crippen LogP contribution in [0.2, 0.25) is 5.15 Å². The Balaban J connectivity index is 1.85. The van der Waals surface area contributed by atoms with Crippen molar-refractivity contribution in [2.75, 3.05) is 13.6 Å². The summed E-state index contributed by atoms with van der Waals surface area (Å²) in [4.78, 5) is 6.30. The lowest BCUT2D eigenvalue weighted by Gasteiger charge is -2.20. The van der Waals surface area contributed by atoms with E-state index in [1.165, 1.54) is 0 Å². The van der Waals surface area contributed by atoms with E-state index in [0.29, 0.717) is 24.7 Å². The van der Waals surface area contributed by atoms with Crippen molar-refractivity contribution in [3.05, 3.63) is 53.1 Å². The van der Waals surface area contributed by atoms with Crippen LogP contribution in [0.1, 0.15) is 11.4 Å². The molecular formula is C15H20ClN3O. The van der Waals surface area contributed by atoms with Crippen molar-refractivity contribution in [3.63, 3.8) is 0 Å². The maximum Gasteiger partial charge on any atom is 0.128 e. The highest BCUT2D eigenvalue weighted by molar-refractivity contribution is 6.29. The number of halogens is 1. The molecule has 0 aliphatic rings. The van der Waals surface area contributed by atoms with Gasteiger partial charge in [-0.05, 0) is 19.0 Å². The molecule has 0 radical (unpaired) electrons. The Morgan fingerprint density at radius 2 is 2.05 bits per heavy atom. The van der Waals surface area contributed by atoms with Crippen LogP contribution in [0, 0.1) is 0 Å². The number of aromatic nitrogens is 2. The van der Waals surface area contributed by atoms with Gasteiger partial charge in [-0.2, -0.15) is 0 Å². The van der Waals surface area contributed by atoms with Gasteiger partial charge in [0.05, 0.1) is 18.8 Å². The highest BCUT2D eigenvalue weighted by Gasteiger charge is 2.12. The molecule has 2 rings (SSSR count). The van der Waals surface area contributed by atoms with Crippen LogP contribution in [-0.4, -0.2) is 39.3 Å². The minimum Gasteiger partial charge on any atom is -0.391 e. The van der Waals surface area contributed by atoms with E-state index in [1.807, 2.05) is 53.9 Å². The molecule has 2 aromatic rings. The van der Waals surface area contributed by atoms with Crippen molar-refractivity contribution in [3.8, 4) is 0 Å². The molecule has 1 aromatic heterocycles. The molecule has 0 saturated carbocycles. The average molecular weight is 294 g/mol. The maximum atomic E-state index is 10.1. The number of benzene rings is 1. The molecular weight excluding hydrogens is 274 g/mol. The summed E-state index contributed by atoms with van der Waals surface area (Å²) in [6, 6.07) is 10.0. The highest BCUT2D eigenvalue weighted by atomic mass is 35.5. The first kappa shape index (κ1) is 15.0. The molecule has 0 aliphatic carbocycles. The van der Waals surface area contributed by atoms with Crippen LogP contribution < -0.4 is 0 Å². The Hall–Kier alpha value is -1.36. The molecule has 1 N–H and O–H groups in total. The first-order valence-electron chi connectivity index (χ1n) is 6.63. The third kappa shape index (κ3) is 4.07. The third-order valence-corrected chi connectivity index (χ3v) is 3.63. The number of hydrogen-bond donors (Lipinski definition) is 1. The Morgan fingerprint density at radius 1 is 1.35 bits per heavy atom. The topological polar surface area (TPSA) is 41.3 Å². The summed E-state index contributed by atoms with van der Waals surface area (Å²) in [6.07, 6.45) is 1.91. The van der Waals surface area contributed by atoms with Crippen LogP contribution in [-0.2, 0) is 20.0 Å². The van der Waals surface area contributed by atoms with E-state index in [2.05, 4.69) is 4.98 Å². The number of hydrogen-bond acceptors (Lipinski definition) is 3. The Morgan fingerprint density at radius 3 is 2.65 bits per heavy atom. The highest BCUT2D eigenvalue weighted by Crippen LogP contribution is 2.11. The molecule has 1 unspecified atom stereocenters. The van der Waals surface area contributed by atoms with Crippen LogP contribution >= 0.6 is 11.6 Å². The fourth-order valence-electron chi connectivity index (χ4n) is 2.19. The van der Waals surface area contributed by atoms with Crippen LogP contribution in [0.5, 0.6) is 0 Å². The lowest BCUT2D eigenvalue weighted by molar-refractivity contribution is 0.121. The minimum atomic E-state index is -0.391. The lowest BCUT2D eigenvalue weighted by atomic mass is 10.1. The summed E-state index contributed by atoms with van der Waals surface area (Å²) < 4.78 is 1.85. The van der Waals surface area contributed by atoms with Gasteiger partial charge in [-0.3, -0.25) is 4.90 Å². The molecule has 0 aliphatic heterocycles. The van der Waals surface area contributed by atoms with Gasteiger partial charge in [-0.1, -0.05) is 41.9 Å². The van der Waals surface area contributed by atoms with Gasteiger partial charge in [-0.25, -0.2) is 4.98 Å². The fourth-order valence-corrected chi connectivity index (χ4v) is 2.33. The van der Waals surface area contributed by atoms with Gasteiger partial charge >= 0.3 is 0 Å². The Bertz CT molecular complexity index is 541. The quantitative estimate of drug-likeness (QED) is 0.887. The molecule has 5 heteroatoms. The summed E-state index contributed by atoms with van der Waals surface area (Å²) in [5.41, 5.74) is 1.15. The first-order chi connectivity index (χ1) is 9.56. The van der Waals surface area contributed by atoms with Gasteiger partial charge in [0.1, 0.15) is 11.0 Å². The molecule has 108 valence electrons. The van der Waals surface area contributed by atoms with Crippen LogP contribution in [0.15, 0.2) is 36.5 Å². The van der Waals surface area contributed by atoms with E-state index < -0.39 is 6.10 Å². The zero-order valence-corrected chi connectivity index (χ0v) is 12.6. The van der Waals surface area contributed by atoms with Gasteiger partial charge < -0.3 is 9.67 Å². The molecule has 1 aromatic carbocycles. The number of nitrogens with zero attached hydrogens (tertiary/aromatic N) is 3. The normalized spacial score (nSPS) is 12.8. The van der Waals surface area contributed by atoms with Crippen molar-refractivity contribution in [1.82, 2.24) is 14.5 Å². The predicted octanol–water partition coefficient (Wildman–Crippen LogP) is 2.11. The van der Waals surface area contributed by atoms with Crippen molar-refractivity contribution >= 4 is 11.6 Å². The van der Waals surface area contributed by atoms with E-state index in [4.69, 9.17) is 11.6 Å². The number of likely N-dealkylation sites (N-methyl/N-ethyl adjacent to an activating group) is 1. The molecule has 0 amide bonds. The average Bonchev–Trinajstić information content (AvgIpc) is 2.71. The van der Waals surface area contributed by atoms with Crippen molar-refractivity contribution in [2.45, 2.75) is 19.1 Å². The van der Waals surface area contributed by atoms with Crippen LogP contribution in [0.25, 0.3) is 0 Å². The van der Waals surface area contributed by atoms with E-state index in [9.17, 15) is 5.11 Å². The molecule has 20 heavy (non-hydrogen) atoms. The van der Waals surface area contributed by atoms with Crippen molar-refractivity contribution in [2.24, 2.45) is 7.05 Å². The van der Waals surface area contributed by atoms with Crippen molar-refractivity contribution < 1.29 is 5.11 Å². The Labute approximate surface area is 124 Å². The van der Waals surface area contributed by atoms with E-state index in [1.54, 1.807) is 6.20 Å². The van der Waals surface area contributed by atoms with Gasteiger partial charge in [0.25, 0.3) is 0 Å². The van der Waals surface area contributed by atoms with Gasteiger partial charge in [-0.15, -0.1) is 0 Å². The second kappa shape index (κ2) is 6.88. The third-order valence-electron chi connectivity index (χ3n) is 3.28. The number of rotatable bonds is 6. The van der Waals surface area contributed by atoms with Gasteiger partial charge in [0.2, 0.25) is 0 Å². The summed E-state index contributed by atoms with van der Waals surface area (Å²) in [5.74, 6) is 0.893. The number of imidazole rings is 1. The first-order valence-corrected chi connectivity index (χ1v) is 7.00. The summed E-state index contributed by atoms with van der Waals surface area (Å²) >= 11 is 5.96. The minimum absolute atomic E-state index is 0.391.